The molecule has 1 heterocycles. The van der Waals surface area contributed by atoms with Gasteiger partial charge < -0.3 is 31.0 Å². The molecule has 8 atom stereocenters. The van der Waals surface area contributed by atoms with E-state index in [1.807, 2.05) is 32.9 Å². The Hall–Kier alpha value is -4.12. The Kier molecular flexibility index (Phi) is 12.5. The highest BCUT2D eigenvalue weighted by molar-refractivity contribution is 7.75. The van der Waals surface area contributed by atoms with E-state index >= 15 is 0 Å². The lowest BCUT2D eigenvalue weighted by molar-refractivity contribution is -0.136. The molecule has 2 fully saturated rings. The zero-order valence-electron chi connectivity index (χ0n) is 31.4. The number of hydrogen-bond donors (Lipinski definition) is 5. The van der Waals surface area contributed by atoms with Crippen molar-refractivity contribution < 1.29 is 38.2 Å². The third kappa shape index (κ3) is 9.90. The van der Waals surface area contributed by atoms with E-state index in [9.17, 15) is 33.4 Å². The van der Waals surface area contributed by atoms with E-state index in [0.29, 0.717) is 36.3 Å². The topological polar surface area (TPSA) is 198 Å². The Balaban J connectivity index is 1.29. The molecule has 13 heteroatoms. The molecule has 0 spiro atoms. The average Bonchev–Trinajstić information content (AvgIpc) is 3.54. The Morgan fingerprint density at radius 2 is 1.68 bits per heavy atom. The fraction of sp³-hybridized carbons (Fsp3) is 0.525. The lowest BCUT2D eigenvalue weighted by Crippen LogP contribution is -2.50. The summed E-state index contributed by atoms with van der Waals surface area (Å²) in [6, 6.07) is 12.8. The van der Waals surface area contributed by atoms with Crippen LogP contribution in [0.15, 0.2) is 48.5 Å². The van der Waals surface area contributed by atoms with Crippen LogP contribution < -0.4 is 16.4 Å². The van der Waals surface area contributed by atoms with Crippen molar-refractivity contribution in [1.82, 2.24) is 15.6 Å². The number of rotatable bonds is 18. The molecule has 2 saturated carbocycles. The number of benzene rings is 2. The molecular formula is C40H53N4O8P. The van der Waals surface area contributed by atoms with Crippen LogP contribution >= 0.6 is 7.37 Å². The second-order valence-corrected chi connectivity index (χ2v) is 18.0. The summed E-state index contributed by atoms with van der Waals surface area (Å²) in [5, 5.41) is 6.54. The number of hydrogen-bond acceptors (Lipinski definition) is 7. The minimum absolute atomic E-state index is 0.0583. The molecule has 2 unspecified atom stereocenters. The number of ether oxygens (including phenoxy) is 1. The first-order chi connectivity index (χ1) is 24.9. The number of H-pyrrole nitrogens is 1. The standard InChI is InChI=1S/C40H53N4O8P/c1-21(2)15-33(44-38(47)34-19-28-16-26(11-12-32(28)42-34)40(49)53(6,50)51)37(46)30-18-27-17-29(27)36(30)39(48)43-31(13-14-35(41)45)23(5)52-20-24-7-9-25(10-8-24)22(3)4/h7-12,16,19,21-23,27,29-31,33,36,42H,13-15,17-18,20H2,1-6H3,(H2,41,45)(H,43,48)(H,44,47)(H,50,51)/t23-,27-,29-,30?,31+,33+,36-/m1/s1. The Labute approximate surface area is 310 Å². The number of aromatic nitrogens is 1. The fourth-order valence-corrected chi connectivity index (χ4v) is 8.22. The van der Waals surface area contributed by atoms with Crippen LogP contribution in [-0.4, -0.2) is 63.8 Å². The van der Waals surface area contributed by atoms with Gasteiger partial charge in [-0.25, -0.2) is 0 Å². The highest BCUT2D eigenvalue weighted by Crippen LogP contribution is 2.58. The van der Waals surface area contributed by atoms with Gasteiger partial charge in [0.15, 0.2) is 5.78 Å². The van der Waals surface area contributed by atoms with Gasteiger partial charge in [0.2, 0.25) is 17.3 Å². The minimum Gasteiger partial charge on any atom is -0.372 e. The van der Waals surface area contributed by atoms with Gasteiger partial charge in [-0.2, -0.15) is 0 Å². The summed E-state index contributed by atoms with van der Waals surface area (Å²) in [5.74, 6) is -1.81. The zero-order chi connectivity index (χ0) is 38.8. The van der Waals surface area contributed by atoms with Gasteiger partial charge in [0.05, 0.1) is 30.7 Å². The summed E-state index contributed by atoms with van der Waals surface area (Å²) in [4.78, 5) is 78.8. The molecule has 2 aliphatic carbocycles. The molecule has 6 N–H and O–H groups in total. The van der Waals surface area contributed by atoms with Crippen LogP contribution in [0.25, 0.3) is 10.9 Å². The van der Waals surface area contributed by atoms with Gasteiger partial charge in [-0.15, -0.1) is 0 Å². The van der Waals surface area contributed by atoms with E-state index in [-0.39, 0.29) is 53.5 Å². The van der Waals surface area contributed by atoms with Crippen LogP contribution in [0.2, 0.25) is 0 Å². The lowest BCUT2D eigenvalue weighted by Gasteiger charge is -2.30. The van der Waals surface area contributed by atoms with Crippen molar-refractivity contribution in [2.24, 2.45) is 35.3 Å². The maximum atomic E-state index is 14.3. The number of Topliss-reactive ketones (excluding diaryl/α,β-unsaturated/α-hetero) is 1. The van der Waals surface area contributed by atoms with E-state index < -0.39 is 54.7 Å². The van der Waals surface area contributed by atoms with Gasteiger partial charge in [-0.05, 0) is 91.7 Å². The second-order valence-electron chi connectivity index (χ2n) is 15.8. The summed E-state index contributed by atoms with van der Waals surface area (Å²) in [6.45, 7) is 11.4. The molecule has 0 radical (unpaired) electrons. The third-order valence-corrected chi connectivity index (χ3v) is 11.7. The molecule has 12 nitrogen and oxygen atoms in total. The van der Waals surface area contributed by atoms with Gasteiger partial charge in [0.25, 0.3) is 13.3 Å². The molecule has 3 aromatic rings. The van der Waals surface area contributed by atoms with Crippen LogP contribution in [-0.2, 0) is 30.3 Å². The van der Waals surface area contributed by atoms with Gasteiger partial charge >= 0.3 is 0 Å². The molecule has 0 aliphatic heterocycles. The lowest BCUT2D eigenvalue weighted by atomic mass is 9.82. The molecule has 3 amide bonds. The van der Waals surface area contributed by atoms with Crippen molar-refractivity contribution in [2.75, 3.05) is 6.66 Å². The van der Waals surface area contributed by atoms with E-state index in [4.69, 9.17) is 10.5 Å². The van der Waals surface area contributed by atoms with Crippen molar-refractivity contribution in [1.29, 1.82) is 0 Å². The summed E-state index contributed by atoms with van der Waals surface area (Å²) < 4.78 is 18.1. The Morgan fingerprint density at radius 1 is 0.981 bits per heavy atom. The number of ketones is 1. The second kappa shape index (κ2) is 16.5. The summed E-state index contributed by atoms with van der Waals surface area (Å²) in [6.07, 6.45) is 1.70. The smallest absolute Gasteiger partial charge is 0.268 e. The van der Waals surface area contributed by atoms with Crippen molar-refractivity contribution >= 4 is 47.3 Å². The normalized spacial score (nSPS) is 22.1. The zero-order valence-corrected chi connectivity index (χ0v) is 32.3. The first kappa shape index (κ1) is 40.1. The molecule has 0 bridgehead atoms. The van der Waals surface area contributed by atoms with Gasteiger partial charge in [0.1, 0.15) is 5.69 Å². The van der Waals surface area contributed by atoms with E-state index in [1.54, 1.807) is 6.07 Å². The summed E-state index contributed by atoms with van der Waals surface area (Å²) in [7, 11) is -4.00. The molecule has 2 aromatic carbocycles. The first-order valence-electron chi connectivity index (χ1n) is 18.5. The number of primary amides is 1. The third-order valence-electron chi connectivity index (χ3n) is 10.7. The monoisotopic (exact) mass is 748 g/mol. The van der Waals surface area contributed by atoms with Crippen LogP contribution in [0.4, 0.5) is 0 Å². The van der Waals surface area contributed by atoms with Crippen molar-refractivity contribution in [3.05, 3.63) is 70.9 Å². The molecular weight excluding hydrogens is 695 g/mol. The van der Waals surface area contributed by atoms with Crippen molar-refractivity contribution in [3.63, 3.8) is 0 Å². The van der Waals surface area contributed by atoms with E-state index in [2.05, 4.69) is 41.6 Å². The molecule has 5 rings (SSSR count). The first-order valence-corrected chi connectivity index (χ1v) is 20.6. The number of carbonyl (C=O) groups excluding carboxylic acids is 5. The maximum Gasteiger partial charge on any atom is 0.268 e. The van der Waals surface area contributed by atoms with Crippen LogP contribution in [0.3, 0.4) is 0 Å². The SMILES string of the molecule is CC(C)C[C@H](NC(=O)c1cc2cc(C(=O)P(C)(=O)O)ccc2[nH]1)C(=O)C1C[C@H]2C[C@H]2[C@H]1C(=O)N[C@@H](CCC(N)=O)[C@@H](C)OCc1ccc(C(C)C)cc1. The largest absolute Gasteiger partial charge is 0.372 e. The van der Waals surface area contributed by atoms with Gasteiger partial charge in [0, 0.05) is 35.5 Å². The summed E-state index contributed by atoms with van der Waals surface area (Å²) >= 11 is 0. The Bertz CT molecular complexity index is 1900. The molecule has 1 aromatic heterocycles. The number of nitrogens with one attached hydrogen (secondary N) is 3. The predicted octanol–water partition coefficient (Wildman–Crippen LogP) is 5.67. The van der Waals surface area contributed by atoms with E-state index in [0.717, 1.165) is 18.6 Å². The average molecular weight is 749 g/mol. The summed E-state index contributed by atoms with van der Waals surface area (Å²) in [5.41, 5.74) is 7.60. The van der Waals surface area contributed by atoms with Crippen molar-refractivity contribution in [2.45, 2.75) is 97.4 Å². The maximum absolute atomic E-state index is 14.3. The highest BCUT2D eigenvalue weighted by Gasteiger charge is 2.59. The van der Waals surface area contributed by atoms with Crippen molar-refractivity contribution in [3.8, 4) is 0 Å². The van der Waals surface area contributed by atoms with Crippen LogP contribution in [0.5, 0.6) is 0 Å². The number of aromatic amines is 1. The van der Waals surface area contributed by atoms with Gasteiger partial charge in [-0.3, -0.25) is 28.5 Å². The number of fused-ring (bicyclic) bond motifs is 2. The van der Waals surface area contributed by atoms with E-state index in [1.165, 1.54) is 23.8 Å². The van der Waals surface area contributed by atoms with Crippen LogP contribution in [0.1, 0.15) is 105 Å². The predicted molar refractivity (Wildman–Crippen MR) is 202 cm³/mol. The highest BCUT2D eigenvalue weighted by atomic mass is 31.2. The number of carbonyl (C=O) groups is 5. The minimum atomic E-state index is -4.00. The fourth-order valence-electron chi connectivity index (χ4n) is 7.61. The quantitative estimate of drug-likeness (QED) is 0.103. The molecule has 286 valence electrons. The number of amides is 3. The molecule has 0 saturated heterocycles. The molecule has 53 heavy (non-hydrogen) atoms. The van der Waals surface area contributed by atoms with Gasteiger partial charge in [-0.1, -0.05) is 52.0 Å². The number of nitrogens with two attached hydrogens (primary N) is 1. The molecule has 2 aliphatic rings. The Morgan fingerprint density at radius 3 is 2.30 bits per heavy atom. The van der Waals surface area contributed by atoms with Crippen LogP contribution in [0, 0.1) is 29.6 Å².